The molecular weight excluding hydrogens is 378 g/mol. The molecule has 27 heavy (non-hydrogen) atoms. The Hall–Kier alpha value is -3.04. The Kier molecular flexibility index (Phi) is 5.48. The van der Waals surface area contributed by atoms with E-state index in [9.17, 15) is 35.9 Å². The highest BCUT2D eigenvalue weighted by Crippen LogP contribution is 2.26. The van der Waals surface area contributed by atoms with Gasteiger partial charge in [-0.15, -0.1) is 0 Å². The van der Waals surface area contributed by atoms with Crippen molar-refractivity contribution in [3.63, 3.8) is 0 Å². The summed E-state index contributed by atoms with van der Waals surface area (Å²) in [6.45, 7) is 2.13. The van der Waals surface area contributed by atoms with Gasteiger partial charge in [0.25, 0.3) is 0 Å². The van der Waals surface area contributed by atoms with Crippen molar-refractivity contribution in [3.8, 4) is 0 Å². The Morgan fingerprint density at radius 2 is 1.00 bits per heavy atom. The molecule has 2 amide bonds. The van der Waals surface area contributed by atoms with Crippen LogP contribution in [0.15, 0.2) is 24.3 Å². The van der Waals surface area contributed by atoms with Crippen LogP contribution < -0.4 is 10.6 Å². The largest absolute Gasteiger partial charge is 0.323 e. The molecule has 2 N–H and O–H groups in total. The summed E-state index contributed by atoms with van der Waals surface area (Å²) in [5, 5.41) is 3.82. The first kappa shape index (κ1) is 20.3. The third-order valence-electron chi connectivity index (χ3n) is 3.70. The number of halogens is 6. The molecule has 0 atom stereocenters. The van der Waals surface area contributed by atoms with Crippen LogP contribution in [0.25, 0.3) is 0 Å². The van der Waals surface area contributed by atoms with Gasteiger partial charge in [0.2, 0.25) is 11.8 Å². The number of anilines is 2. The van der Waals surface area contributed by atoms with E-state index in [4.69, 9.17) is 0 Å². The lowest BCUT2D eigenvalue weighted by Gasteiger charge is -2.23. The topological polar surface area (TPSA) is 58.2 Å². The maximum atomic E-state index is 13.6. The zero-order valence-corrected chi connectivity index (χ0v) is 13.9. The fourth-order valence-corrected chi connectivity index (χ4v) is 1.91. The van der Waals surface area contributed by atoms with Crippen molar-refractivity contribution in [3.05, 3.63) is 59.2 Å². The molecule has 0 aliphatic heterocycles. The molecule has 0 unspecified atom stereocenters. The van der Waals surface area contributed by atoms with Crippen LogP contribution in [0.3, 0.4) is 0 Å². The summed E-state index contributed by atoms with van der Waals surface area (Å²) in [6.07, 6.45) is 0. The number of carbonyl (C=O) groups excluding carboxylic acids is 2. The molecule has 0 bridgehead atoms. The average molecular weight is 390 g/mol. The summed E-state index contributed by atoms with van der Waals surface area (Å²) in [7, 11) is 0. The van der Waals surface area contributed by atoms with Crippen molar-refractivity contribution >= 4 is 23.2 Å². The van der Waals surface area contributed by atoms with E-state index in [2.05, 4.69) is 0 Å². The molecule has 0 saturated heterocycles. The van der Waals surface area contributed by atoms with Crippen molar-refractivity contribution in [1.82, 2.24) is 0 Å². The third-order valence-corrected chi connectivity index (χ3v) is 3.70. The molecule has 4 nitrogen and oxygen atoms in total. The molecule has 0 fully saturated rings. The van der Waals surface area contributed by atoms with E-state index in [1.807, 2.05) is 10.6 Å². The monoisotopic (exact) mass is 390 g/mol. The molecule has 2 aromatic carbocycles. The maximum absolute atomic E-state index is 13.6. The Balaban J connectivity index is 2.22. The van der Waals surface area contributed by atoms with Crippen LogP contribution in [-0.4, -0.2) is 11.8 Å². The highest BCUT2D eigenvalue weighted by molar-refractivity contribution is 6.14. The number of nitrogens with one attached hydrogen (secondary N) is 2. The summed E-state index contributed by atoms with van der Waals surface area (Å²) >= 11 is 0. The number of benzene rings is 2. The van der Waals surface area contributed by atoms with Gasteiger partial charge in [0, 0.05) is 0 Å². The summed E-state index contributed by atoms with van der Waals surface area (Å²) in [4.78, 5) is 24.5. The smallest absolute Gasteiger partial charge is 0.239 e. The van der Waals surface area contributed by atoms with E-state index in [-0.39, 0.29) is 0 Å². The van der Waals surface area contributed by atoms with Crippen LogP contribution >= 0.6 is 0 Å². The number of hydrogen-bond donors (Lipinski definition) is 2. The van der Waals surface area contributed by atoms with Crippen molar-refractivity contribution in [2.24, 2.45) is 5.41 Å². The lowest BCUT2D eigenvalue weighted by molar-refractivity contribution is -0.135. The second-order valence-electron chi connectivity index (χ2n) is 5.98. The van der Waals surface area contributed by atoms with Crippen LogP contribution in [0, 0.1) is 40.3 Å². The fraction of sp³-hybridized carbons (Fsp3) is 0.176. The minimum Gasteiger partial charge on any atom is -0.323 e. The molecule has 0 radical (unpaired) electrons. The Bertz CT molecular complexity index is 857. The van der Waals surface area contributed by atoms with Crippen LogP contribution in [0.1, 0.15) is 13.8 Å². The average Bonchev–Trinajstić information content (AvgIpc) is 2.62. The number of rotatable bonds is 4. The molecular formula is C17H12F6N2O2. The van der Waals surface area contributed by atoms with E-state index in [1.165, 1.54) is 0 Å². The van der Waals surface area contributed by atoms with Crippen LogP contribution in [0.2, 0.25) is 0 Å². The van der Waals surface area contributed by atoms with Crippen molar-refractivity contribution < 1.29 is 35.9 Å². The van der Waals surface area contributed by atoms with Gasteiger partial charge in [-0.05, 0) is 38.1 Å². The minimum absolute atomic E-state index is 0.567. The van der Waals surface area contributed by atoms with Crippen LogP contribution in [0.5, 0.6) is 0 Å². The summed E-state index contributed by atoms with van der Waals surface area (Å²) < 4.78 is 79.5. The molecule has 0 spiro atoms. The van der Waals surface area contributed by atoms with Crippen LogP contribution in [-0.2, 0) is 9.59 Å². The predicted molar refractivity (Wildman–Crippen MR) is 83.7 cm³/mol. The normalized spacial score (nSPS) is 11.3. The summed E-state index contributed by atoms with van der Waals surface area (Å²) in [6, 6.07) is 2.62. The molecule has 0 heterocycles. The standard InChI is InChI=1S/C17H12F6N2O2/c1-17(2,15(26)24-9-5-3-7(18)11(20)13(9)22)16(27)25-10-6-4-8(19)12(21)14(10)23/h3-6H,1-2H3,(H,24,26)(H,25,27). The third kappa shape index (κ3) is 3.88. The van der Waals surface area contributed by atoms with Gasteiger partial charge in [-0.25, -0.2) is 26.3 Å². The van der Waals surface area contributed by atoms with Crippen molar-refractivity contribution in [2.75, 3.05) is 10.6 Å². The Morgan fingerprint density at radius 1 is 0.667 bits per heavy atom. The fourth-order valence-electron chi connectivity index (χ4n) is 1.91. The molecule has 144 valence electrons. The molecule has 10 heteroatoms. The van der Waals surface area contributed by atoms with E-state index in [0.717, 1.165) is 26.0 Å². The first-order valence-electron chi connectivity index (χ1n) is 7.36. The Labute approximate surface area is 149 Å². The molecule has 2 aromatic rings. The molecule has 0 aromatic heterocycles. The SMILES string of the molecule is CC(C)(C(=O)Nc1ccc(F)c(F)c1F)C(=O)Nc1ccc(F)c(F)c1F. The minimum atomic E-state index is -1.98. The zero-order chi connectivity index (χ0) is 20.5. The molecule has 0 saturated carbocycles. The van der Waals surface area contributed by atoms with E-state index >= 15 is 0 Å². The van der Waals surface area contributed by atoms with Gasteiger partial charge in [0.15, 0.2) is 34.9 Å². The van der Waals surface area contributed by atoms with Gasteiger partial charge in [0.05, 0.1) is 11.4 Å². The van der Waals surface area contributed by atoms with E-state index in [0.29, 0.717) is 12.1 Å². The lowest BCUT2D eigenvalue weighted by atomic mass is 9.90. The van der Waals surface area contributed by atoms with E-state index < -0.39 is 63.5 Å². The van der Waals surface area contributed by atoms with Gasteiger partial charge in [0.1, 0.15) is 5.41 Å². The molecule has 2 rings (SSSR count). The number of amides is 2. The quantitative estimate of drug-likeness (QED) is 0.469. The van der Waals surface area contributed by atoms with Gasteiger partial charge in [-0.1, -0.05) is 0 Å². The lowest BCUT2D eigenvalue weighted by Crippen LogP contribution is -2.42. The van der Waals surface area contributed by atoms with Crippen molar-refractivity contribution in [1.29, 1.82) is 0 Å². The van der Waals surface area contributed by atoms with Crippen LogP contribution in [0.4, 0.5) is 37.7 Å². The molecule has 0 aliphatic rings. The van der Waals surface area contributed by atoms with Crippen molar-refractivity contribution in [2.45, 2.75) is 13.8 Å². The highest BCUT2D eigenvalue weighted by Gasteiger charge is 2.37. The summed E-state index contributed by atoms with van der Waals surface area (Å²) in [5.41, 5.74) is -3.42. The van der Waals surface area contributed by atoms with Gasteiger partial charge < -0.3 is 10.6 Å². The maximum Gasteiger partial charge on any atom is 0.239 e. The second-order valence-corrected chi connectivity index (χ2v) is 5.98. The highest BCUT2D eigenvalue weighted by atomic mass is 19.2. The zero-order valence-electron chi connectivity index (χ0n) is 13.9. The number of carbonyl (C=O) groups is 2. The molecule has 0 aliphatic carbocycles. The van der Waals surface area contributed by atoms with Gasteiger partial charge in [-0.2, -0.15) is 0 Å². The van der Waals surface area contributed by atoms with Gasteiger partial charge in [-0.3, -0.25) is 9.59 Å². The van der Waals surface area contributed by atoms with Gasteiger partial charge >= 0.3 is 0 Å². The first-order chi connectivity index (χ1) is 12.5. The Morgan fingerprint density at radius 3 is 1.33 bits per heavy atom. The second kappa shape index (κ2) is 7.29. The number of hydrogen-bond acceptors (Lipinski definition) is 2. The predicted octanol–water partition coefficient (Wildman–Crippen LogP) is 4.12. The van der Waals surface area contributed by atoms with E-state index in [1.54, 1.807) is 0 Å². The first-order valence-corrected chi connectivity index (χ1v) is 7.36. The summed E-state index contributed by atoms with van der Waals surface area (Å²) in [5.74, 6) is -12.2.